The number of nitrogens with zero attached hydrogens (tertiary/aromatic N) is 6. The number of aromatic amines is 1. The van der Waals surface area contributed by atoms with Crippen molar-refractivity contribution in [3.63, 3.8) is 0 Å². The molecule has 1 spiro atoms. The number of hydrogen-bond acceptors (Lipinski definition) is 13. The summed E-state index contributed by atoms with van der Waals surface area (Å²) in [7, 11) is -4.66. The number of carbonyl (C=O) groups is 1. The maximum atomic E-state index is 15.8. The van der Waals surface area contributed by atoms with Gasteiger partial charge in [0.15, 0.2) is 0 Å². The number of halogens is 1. The van der Waals surface area contributed by atoms with Gasteiger partial charge in [0.05, 0.1) is 35.3 Å². The summed E-state index contributed by atoms with van der Waals surface area (Å²) >= 11 is 0. The average Bonchev–Trinajstić information content (AvgIpc) is 3.98. The lowest BCUT2D eigenvalue weighted by atomic mass is 9.60. The predicted molar refractivity (Wildman–Crippen MR) is 252 cm³/mol. The Morgan fingerprint density at radius 2 is 1.76 bits per heavy atom. The molecule has 5 aromatic rings. The summed E-state index contributed by atoms with van der Waals surface area (Å²) < 4.78 is 57.0. The minimum absolute atomic E-state index is 0.0325. The summed E-state index contributed by atoms with van der Waals surface area (Å²) in [5, 5.41) is 15.9. The van der Waals surface area contributed by atoms with Crippen LogP contribution in [0.5, 0.6) is 11.5 Å². The number of fused-ring (bicyclic) bond motifs is 1. The number of alkyl halides is 1. The van der Waals surface area contributed by atoms with E-state index >= 15 is 4.39 Å². The van der Waals surface area contributed by atoms with Gasteiger partial charge in [0.2, 0.25) is 0 Å². The Kier molecular flexibility index (Phi) is 12.2. The highest BCUT2D eigenvalue weighted by molar-refractivity contribution is 7.90. The number of aromatic nitrogens is 3. The summed E-state index contributed by atoms with van der Waals surface area (Å²) in [6.07, 6.45) is 11.8. The SMILES string of the molecule is CC(C)c1ccccc1[C@@H]1CCCN1C1CC2(CCN(c3cc(Oc4cnc5[nH]ccc5c4)c(C(=O)NS(=O)(=O)c4ccc(NCC5(F)CCN(C6COC6)CC5)c([N+](=O)[O-])c4)cn3)CC2)C1. The average molecular weight is 936 g/mol. The minimum atomic E-state index is -4.66. The van der Waals surface area contributed by atoms with Crippen molar-refractivity contribution in [2.24, 2.45) is 5.41 Å². The van der Waals surface area contributed by atoms with Crippen molar-refractivity contribution >= 4 is 44.2 Å². The molecule has 1 amide bonds. The van der Waals surface area contributed by atoms with Crippen LogP contribution in [0, 0.1) is 15.5 Å². The van der Waals surface area contributed by atoms with Crippen molar-refractivity contribution in [3.05, 3.63) is 106 Å². The van der Waals surface area contributed by atoms with Crippen LogP contribution in [0.3, 0.4) is 0 Å². The standard InChI is InChI=1S/C49H58FN9O7S/c1-32(2)38-6-3-4-7-39(38)42-8-5-17-58(42)34-25-48(26-34)12-18-57(19-13-48)45-24-44(66-36-22-33-11-16-51-46(33)53-27-36)40(28-52-45)47(60)55-67(63,64)37-9-10-41(43(23-37)59(61)62)54-31-49(50)14-20-56(21-15-49)35-29-65-30-35/h3-4,6-7,9-11,16,22-24,27-28,32,34-35,42,54H,5,8,12-15,17-21,25-26,29-31H2,1-2H3,(H,51,53)(H,55,60)/t42-/m0/s1. The van der Waals surface area contributed by atoms with E-state index in [1.165, 1.54) is 55.3 Å². The van der Waals surface area contributed by atoms with Crippen LogP contribution in [0.25, 0.3) is 11.0 Å². The normalized spacial score (nSPS) is 21.3. The summed E-state index contributed by atoms with van der Waals surface area (Å²) in [4.78, 5) is 44.2. The number of nitrogens with one attached hydrogen (secondary N) is 3. The van der Waals surface area contributed by atoms with Gasteiger partial charge in [0.25, 0.3) is 21.6 Å². The third kappa shape index (κ3) is 9.20. The van der Waals surface area contributed by atoms with E-state index in [9.17, 15) is 23.3 Å². The zero-order valence-electron chi connectivity index (χ0n) is 38.0. The third-order valence-electron chi connectivity index (χ3n) is 15.1. The summed E-state index contributed by atoms with van der Waals surface area (Å²) in [6.45, 7) is 9.39. The molecule has 18 heteroatoms. The van der Waals surface area contributed by atoms with E-state index in [-0.39, 0.29) is 41.8 Å². The largest absolute Gasteiger partial charge is 0.455 e. The number of nitro groups is 1. The lowest BCUT2D eigenvalue weighted by molar-refractivity contribution is -0.384. The molecule has 67 heavy (non-hydrogen) atoms. The van der Waals surface area contributed by atoms with Crippen molar-refractivity contribution in [2.75, 3.05) is 62.7 Å². The van der Waals surface area contributed by atoms with Crippen LogP contribution in [-0.2, 0) is 14.8 Å². The molecule has 10 rings (SSSR count). The molecule has 1 atom stereocenters. The van der Waals surface area contributed by atoms with E-state index in [1.54, 1.807) is 18.3 Å². The van der Waals surface area contributed by atoms with Crippen molar-refractivity contribution in [1.29, 1.82) is 0 Å². The first-order chi connectivity index (χ1) is 32.3. The van der Waals surface area contributed by atoms with Crippen LogP contribution in [-0.4, -0.2) is 114 Å². The van der Waals surface area contributed by atoms with Gasteiger partial charge in [-0.2, -0.15) is 0 Å². The van der Waals surface area contributed by atoms with Crippen LogP contribution in [0.15, 0.2) is 84.1 Å². The van der Waals surface area contributed by atoms with Crippen LogP contribution >= 0.6 is 0 Å². The molecule has 0 unspecified atom stereocenters. The quantitative estimate of drug-likeness (QED) is 0.0717. The molecule has 1 saturated carbocycles. The van der Waals surface area contributed by atoms with Gasteiger partial charge in [0.1, 0.15) is 39.9 Å². The van der Waals surface area contributed by atoms with Crippen LogP contribution in [0.4, 0.5) is 21.6 Å². The molecule has 3 N–H and O–H groups in total. The highest BCUT2D eigenvalue weighted by Gasteiger charge is 2.50. The van der Waals surface area contributed by atoms with Gasteiger partial charge in [-0.05, 0) is 105 Å². The second-order valence-electron chi connectivity index (χ2n) is 19.6. The van der Waals surface area contributed by atoms with Crippen LogP contribution < -0.4 is 19.7 Å². The Hall–Kier alpha value is -5.69. The number of ether oxygens (including phenoxy) is 2. The molecule has 7 heterocycles. The van der Waals surface area contributed by atoms with Crippen molar-refractivity contribution in [2.45, 2.75) is 99.8 Å². The Bertz CT molecular complexity index is 2760. The van der Waals surface area contributed by atoms with Gasteiger partial charge < -0.3 is 24.7 Å². The molecule has 0 radical (unpaired) electrons. The first-order valence-corrected chi connectivity index (χ1v) is 25.0. The second-order valence-corrected chi connectivity index (χ2v) is 21.2. The van der Waals surface area contributed by atoms with Gasteiger partial charge in [-0.1, -0.05) is 38.1 Å². The Balaban J connectivity index is 0.825. The van der Waals surface area contributed by atoms with E-state index in [0.29, 0.717) is 67.6 Å². The molecular formula is C49H58FN9O7S. The van der Waals surface area contributed by atoms with Gasteiger partial charge in [0, 0.05) is 74.7 Å². The van der Waals surface area contributed by atoms with Gasteiger partial charge >= 0.3 is 0 Å². The number of likely N-dealkylation sites (tertiary alicyclic amines) is 2. The Morgan fingerprint density at radius 1 is 0.985 bits per heavy atom. The number of sulfonamides is 1. The molecule has 1 aliphatic carbocycles. The number of pyridine rings is 2. The Labute approximate surface area is 389 Å². The van der Waals surface area contributed by atoms with E-state index < -0.39 is 37.1 Å². The molecule has 4 saturated heterocycles. The smallest absolute Gasteiger partial charge is 0.293 e. The number of amides is 1. The highest BCUT2D eigenvalue weighted by atomic mass is 32.2. The summed E-state index contributed by atoms with van der Waals surface area (Å²) in [6, 6.07) is 18.7. The number of hydrogen-bond donors (Lipinski definition) is 3. The minimum Gasteiger partial charge on any atom is -0.455 e. The van der Waals surface area contributed by atoms with Crippen molar-refractivity contribution in [1.82, 2.24) is 29.5 Å². The molecular weight excluding hydrogens is 878 g/mol. The highest BCUT2D eigenvalue weighted by Crippen LogP contribution is 2.54. The molecule has 354 valence electrons. The third-order valence-corrected chi connectivity index (χ3v) is 16.4. The van der Waals surface area contributed by atoms with Crippen LogP contribution in [0.2, 0.25) is 0 Å². The topological polar surface area (TPSA) is 188 Å². The van der Waals surface area contributed by atoms with E-state index in [2.05, 4.69) is 77.8 Å². The van der Waals surface area contributed by atoms with Crippen molar-refractivity contribution in [3.8, 4) is 11.5 Å². The molecule has 4 aliphatic heterocycles. The number of carbonyl (C=O) groups excluding carboxylic acids is 1. The first kappa shape index (κ1) is 45.1. The van der Waals surface area contributed by atoms with Crippen LogP contribution in [0.1, 0.15) is 98.7 Å². The zero-order valence-corrected chi connectivity index (χ0v) is 38.8. The number of H-pyrrole nitrogens is 1. The zero-order chi connectivity index (χ0) is 46.5. The molecule has 16 nitrogen and oxygen atoms in total. The van der Waals surface area contributed by atoms with E-state index in [4.69, 9.17) is 9.47 Å². The molecule has 5 fully saturated rings. The lowest BCUT2D eigenvalue weighted by Crippen LogP contribution is -2.55. The number of nitro benzene ring substituents is 1. The number of benzene rings is 2. The van der Waals surface area contributed by atoms with Crippen molar-refractivity contribution < 1.29 is 32.0 Å². The fourth-order valence-corrected chi connectivity index (χ4v) is 12.0. The fraction of sp³-hybridized carbons (Fsp3) is 0.490. The van der Waals surface area contributed by atoms with E-state index in [0.717, 1.165) is 50.0 Å². The number of rotatable bonds is 14. The van der Waals surface area contributed by atoms with Gasteiger partial charge in [-0.3, -0.25) is 24.7 Å². The summed E-state index contributed by atoms with van der Waals surface area (Å²) in [5.74, 6) is 0.422. The maximum absolute atomic E-state index is 15.8. The van der Waals surface area contributed by atoms with Gasteiger partial charge in [-0.15, -0.1) is 0 Å². The number of piperidine rings is 2. The van der Waals surface area contributed by atoms with E-state index in [1.807, 2.05) is 6.07 Å². The molecule has 5 aliphatic rings. The maximum Gasteiger partial charge on any atom is 0.293 e. The molecule has 2 aromatic carbocycles. The predicted octanol–water partition coefficient (Wildman–Crippen LogP) is 8.10. The number of anilines is 2. The first-order valence-electron chi connectivity index (χ1n) is 23.6. The second kappa shape index (κ2) is 18.1. The monoisotopic (exact) mass is 935 g/mol. The van der Waals surface area contributed by atoms with Gasteiger partial charge in [-0.25, -0.2) is 27.5 Å². The summed E-state index contributed by atoms with van der Waals surface area (Å²) in [5.41, 5.74) is 1.48. The molecule has 0 bridgehead atoms. The fourth-order valence-electron chi connectivity index (χ4n) is 11.0. The lowest BCUT2D eigenvalue weighted by Gasteiger charge is -2.56. The molecule has 3 aromatic heterocycles. The Morgan fingerprint density at radius 3 is 2.49 bits per heavy atom.